The fourth-order valence-electron chi connectivity index (χ4n) is 2.45. The van der Waals surface area contributed by atoms with E-state index in [1.807, 2.05) is 0 Å². The quantitative estimate of drug-likeness (QED) is 0.882. The zero-order chi connectivity index (χ0) is 12.0. The molecule has 3 rings (SSSR count). The van der Waals surface area contributed by atoms with Crippen molar-refractivity contribution in [1.29, 1.82) is 0 Å². The van der Waals surface area contributed by atoms with E-state index in [1.54, 1.807) is 13.2 Å². The van der Waals surface area contributed by atoms with Crippen LogP contribution in [0.25, 0.3) is 0 Å². The molecule has 0 atom stereocenters. The van der Waals surface area contributed by atoms with Gasteiger partial charge in [-0.3, -0.25) is 0 Å². The molecular formula is C12H14ClNO3. The van der Waals surface area contributed by atoms with Crippen LogP contribution in [0.15, 0.2) is 6.07 Å². The first-order chi connectivity index (χ1) is 8.15. The van der Waals surface area contributed by atoms with Gasteiger partial charge in [0, 0.05) is 11.6 Å². The predicted octanol–water partition coefficient (Wildman–Crippen LogP) is 2.42. The Morgan fingerprint density at radius 1 is 1.41 bits per heavy atom. The maximum Gasteiger partial charge on any atom is 0.231 e. The van der Waals surface area contributed by atoms with Gasteiger partial charge in [0.05, 0.1) is 17.7 Å². The molecule has 2 N–H and O–H groups in total. The number of methoxy groups -OCH3 is 1. The van der Waals surface area contributed by atoms with Crippen molar-refractivity contribution in [1.82, 2.24) is 0 Å². The lowest BCUT2D eigenvalue weighted by atomic mass is 9.72. The summed E-state index contributed by atoms with van der Waals surface area (Å²) in [6, 6.07) is 1.72. The van der Waals surface area contributed by atoms with Gasteiger partial charge in [0.1, 0.15) is 5.75 Å². The topological polar surface area (TPSA) is 53.7 Å². The maximum atomic E-state index is 6.37. The Kier molecular flexibility index (Phi) is 2.38. The fourth-order valence-corrected chi connectivity index (χ4v) is 2.72. The van der Waals surface area contributed by atoms with E-state index >= 15 is 0 Å². The first kappa shape index (κ1) is 11.0. The van der Waals surface area contributed by atoms with Crippen molar-refractivity contribution in [3.8, 4) is 17.2 Å². The summed E-state index contributed by atoms with van der Waals surface area (Å²) in [4.78, 5) is 0. The largest absolute Gasteiger partial charge is 0.495 e. The smallest absolute Gasteiger partial charge is 0.231 e. The summed E-state index contributed by atoms with van der Waals surface area (Å²) in [5.74, 6) is 1.95. The molecular weight excluding hydrogens is 242 g/mol. The number of ether oxygens (including phenoxy) is 3. The van der Waals surface area contributed by atoms with Crippen molar-refractivity contribution >= 4 is 11.6 Å². The second-order valence-electron chi connectivity index (χ2n) is 4.51. The number of rotatable bonds is 2. The first-order valence-electron chi connectivity index (χ1n) is 5.61. The molecule has 17 heavy (non-hydrogen) atoms. The normalized spacial score (nSPS) is 19.9. The van der Waals surface area contributed by atoms with Crippen LogP contribution in [-0.2, 0) is 5.54 Å². The average Bonchev–Trinajstić information content (AvgIpc) is 2.71. The number of halogens is 1. The van der Waals surface area contributed by atoms with Gasteiger partial charge in [-0.05, 0) is 19.3 Å². The SMILES string of the molecule is COc1c(Cl)cc2c(c1C1(N)CCC1)OCO2. The highest BCUT2D eigenvalue weighted by atomic mass is 35.5. The summed E-state index contributed by atoms with van der Waals surface area (Å²) >= 11 is 6.18. The number of hydrogen-bond donors (Lipinski definition) is 1. The molecule has 92 valence electrons. The Balaban J connectivity index is 2.23. The molecule has 0 amide bonds. The minimum absolute atomic E-state index is 0.210. The third-order valence-corrected chi connectivity index (χ3v) is 3.80. The Morgan fingerprint density at radius 2 is 2.18 bits per heavy atom. The lowest BCUT2D eigenvalue weighted by Gasteiger charge is -2.39. The molecule has 1 aromatic carbocycles. The Hall–Kier alpha value is -1.13. The lowest BCUT2D eigenvalue weighted by molar-refractivity contribution is 0.167. The van der Waals surface area contributed by atoms with Gasteiger partial charge in [0.2, 0.25) is 6.79 Å². The van der Waals surface area contributed by atoms with Gasteiger partial charge in [-0.2, -0.15) is 0 Å². The zero-order valence-corrected chi connectivity index (χ0v) is 10.3. The highest BCUT2D eigenvalue weighted by Gasteiger charge is 2.42. The molecule has 0 bridgehead atoms. The number of hydrogen-bond acceptors (Lipinski definition) is 4. The second-order valence-corrected chi connectivity index (χ2v) is 4.92. The second kappa shape index (κ2) is 3.68. The number of benzene rings is 1. The van der Waals surface area contributed by atoms with Gasteiger partial charge in [0.25, 0.3) is 0 Å². The van der Waals surface area contributed by atoms with E-state index in [-0.39, 0.29) is 6.79 Å². The van der Waals surface area contributed by atoms with Crippen LogP contribution in [-0.4, -0.2) is 13.9 Å². The lowest BCUT2D eigenvalue weighted by Crippen LogP contribution is -2.43. The van der Waals surface area contributed by atoms with E-state index in [1.165, 1.54) is 0 Å². The molecule has 1 aliphatic heterocycles. The van der Waals surface area contributed by atoms with Gasteiger partial charge in [-0.25, -0.2) is 0 Å². The molecule has 4 nitrogen and oxygen atoms in total. The molecule has 1 heterocycles. The van der Waals surface area contributed by atoms with Gasteiger partial charge < -0.3 is 19.9 Å². The Labute approximate surface area is 105 Å². The highest BCUT2D eigenvalue weighted by Crippen LogP contribution is 2.54. The summed E-state index contributed by atoms with van der Waals surface area (Å²) in [7, 11) is 1.59. The van der Waals surface area contributed by atoms with E-state index in [0.29, 0.717) is 22.3 Å². The van der Waals surface area contributed by atoms with Crippen molar-refractivity contribution in [2.75, 3.05) is 13.9 Å². The van der Waals surface area contributed by atoms with Crippen molar-refractivity contribution < 1.29 is 14.2 Å². The van der Waals surface area contributed by atoms with E-state index in [2.05, 4.69) is 0 Å². The molecule has 1 aliphatic carbocycles. The number of nitrogens with two attached hydrogens (primary N) is 1. The zero-order valence-electron chi connectivity index (χ0n) is 9.59. The predicted molar refractivity (Wildman–Crippen MR) is 63.8 cm³/mol. The molecule has 0 spiro atoms. The summed E-state index contributed by atoms with van der Waals surface area (Å²) < 4.78 is 16.2. The molecule has 0 saturated heterocycles. The van der Waals surface area contributed by atoms with Crippen LogP contribution in [0.1, 0.15) is 24.8 Å². The molecule has 1 aromatic rings. The van der Waals surface area contributed by atoms with Gasteiger partial charge in [0.15, 0.2) is 11.5 Å². The van der Waals surface area contributed by atoms with Crippen LogP contribution in [0.5, 0.6) is 17.2 Å². The van der Waals surface area contributed by atoms with Crippen LogP contribution in [0, 0.1) is 0 Å². The molecule has 0 aromatic heterocycles. The standard InChI is InChI=1S/C12H14ClNO3/c1-15-10-7(13)5-8-11(17-6-16-8)9(10)12(14)3-2-4-12/h5H,2-4,6,14H2,1H3. The maximum absolute atomic E-state index is 6.37. The molecule has 2 aliphatic rings. The summed E-state index contributed by atoms with van der Waals surface area (Å²) in [6.45, 7) is 0.210. The third-order valence-electron chi connectivity index (χ3n) is 3.52. The number of fused-ring (bicyclic) bond motifs is 1. The van der Waals surface area contributed by atoms with E-state index < -0.39 is 5.54 Å². The Bertz CT molecular complexity index is 468. The minimum atomic E-state index is -0.395. The van der Waals surface area contributed by atoms with Crippen LogP contribution in [0.3, 0.4) is 0 Å². The Morgan fingerprint density at radius 3 is 2.76 bits per heavy atom. The first-order valence-corrected chi connectivity index (χ1v) is 5.99. The van der Waals surface area contributed by atoms with Crippen LogP contribution in [0.2, 0.25) is 5.02 Å². The summed E-state index contributed by atoms with van der Waals surface area (Å²) in [6.07, 6.45) is 2.95. The van der Waals surface area contributed by atoms with E-state index in [9.17, 15) is 0 Å². The summed E-state index contributed by atoms with van der Waals surface area (Å²) in [5, 5.41) is 0.517. The third kappa shape index (κ3) is 1.47. The van der Waals surface area contributed by atoms with Crippen molar-refractivity contribution in [3.05, 3.63) is 16.7 Å². The molecule has 1 fully saturated rings. The molecule has 1 saturated carbocycles. The van der Waals surface area contributed by atoms with Crippen molar-refractivity contribution in [3.63, 3.8) is 0 Å². The van der Waals surface area contributed by atoms with Crippen molar-refractivity contribution in [2.24, 2.45) is 5.73 Å². The van der Waals surface area contributed by atoms with Crippen molar-refractivity contribution in [2.45, 2.75) is 24.8 Å². The molecule has 0 radical (unpaired) electrons. The van der Waals surface area contributed by atoms with Crippen LogP contribution in [0.4, 0.5) is 0 Å². The minimum Gasteiger partial charge on any atom is -0.495 e. The van der Waals surface area contributed by atoms with Gasteiger partial charge >= 0.3 is 0 Å². The molecule has 0 unspecified atom stereocenters. The average molecular weight is 256 g/mol. The molecule has 5 heteroatoms. The van der Waals surface area contributed by atoms with Gasteiger partial charge in [-0.15, -0.1) is 0 Å². The fraction of sp³-hybridized carbons (Fsp3) is 0.500. The van der Waals surface area contributed by atoms with E-state index in [4.69, 9.17) is 31.5 Å². The van der Waals surface area contributed by atoms with Crippen LogP contribution < -0.4 is 19.9 Å². The van der Waals surface area contributed by atoms with E-state index in [0.717, 1.165) is 24.8 Å². The van der Waals surface area contributed by atoms with Gasteiger partial charge in [-0.1, -0.05) is 11.6 Å². The highest BCUT2D eigenvalue weighted by molar-refractivity contribution is 6.32. The van der Waals surface area contributed by atoms with Crippen LogP contribution >= 0.6 is 11.6 Å². The monoisotopic (exact) mass is 255 g/mol. The summed E-state index contributed by atoms with van der Waals surface area (Å²) in [5.41, 5.74) is 6.83.